The smallest absolute Gasteiger partial charge is 0.0626 e. The van der Waals surface area contributed by atoms with E-state index in [-0.39, 0.29) is 6.15 Å². The topological polar surface area (TPSA) is 96.9 Å². The van der Waals surface area contributed by atoms with Gasteiger partial charge in [0, 0.05) is 11.9 Å². The number of carbonyl (C=O) groups excluding carboxylic acids is 1. The molecule has 29 heavy (non-hydrogen) atoms. The van der Waals surface area contributed by atoms with Gasteiger partial charge in [0.2, 0.25) is 0 Å². The minimum Gasteiger partial charge on any atom is -0.550 e. The molecule has 0 bridgehead atoms. The van der Waals surface area contributed by atoms with Crippen molar-refractivity contribution < 1.29 is 15.0 Å². The van der Waals surface area contributed by atoms with E-state index in [4.69, 9.17) is 0 Å². The molecule has 0 fully saturated rings. The molecule has 2 unspecified atom stereocenters. The number of unbranched alkanes of at least 4 members (excludes halogenated alkanes) is 14. The Labute approximate surface area is 181 Å². The van der Waals surface area contributed by atoms with Gasteiger partial charge in [-0.3, -0.25) is 0 Å². The van der Waals surface area contributed by atoms with Crippen molar-refractivity contribution in [3.63, 3.8) is 0 Å². The first-order valence-electron chi connectivity index (χ1n) is 12.4. The second kappa shape index (κ2) is 20.7. The van der Waals surface area contributed by atoms with Gasteiger partial charge in [0.05, 0.1) is 5.60 Å². The van der Waals surface area contributed by atoms with Crippen LogP contribution in [0, 0.1) is 5.92 Å². The van der Waals surface area contributed by atoms with E-state index in [2.05, 4.69) is 13.8 Å². The monoisotopic (exact) mass is 415 g/mol. The molecule has 0 amide bonds. The zero-order chi connectivity index (χ0) is 21.1. The lowest BCUT2D eigenvalue weighted by Crippen LogP contribution is -2.37. The summed E-state index contributed by atoms with van der Waals surface area (Å²) >= 11 is 0. The van der Waals surface area contributed by atoms with E-state index >= 15 is 0 Å². The fourth-order valence-corrected chi connectivity index (χ4v) is 4.10. The Morgan fingerprint density at radius 3 is 1.55 bits per heavy atom. The van der Waals surface area contributed by atoms with Crippen LogP contribution < -0.4 is 11.3 Å². The third-order valence-electron chi connectivity index (χ3n) is 5.99. The molecule has 0 rings (SSSR count). The van der Waals surface area contributed by atoms with Crippen LogP contribution in [0.5, 0.6) is 0 Å². The molecule has 2 atom stereocenters. The average molecular weight is 416 g/mol. The van der Waals surface area contributed by atoms with E-state index < -0.39 is 17.5 Å². The number of hydrogen-bond acceptors (Lipinski definition) is 3. The first kappa shape index (κ1) is 30.6. The number of aliphatic carboxylic acids is 1. The predicted molar refractivity (Wildman–Crippen MR) is 124 cm³/mol. The Morgan fingerprint density at radius 2 is 1.14 bits per heavy atom. The van der Waals surface area contributed by atoms with Crippen molar-refractivity contribution >= 4 is 5.97 Å². The van der Waals surface area contributed by atoms with E-state index in [0.29, 0.717) is 19.3 Å². The van der Waals surface area contributed by atoms with Gasteiger partial charge >= 0.3 is 0 Å². The second-order valence-electron chi connectivity index (χ2n) is 9.21. The number of carboxylic acid groups (broad SMARTS) is 1. The van der Waals surface area contributed by atoms with Crippen molar-refractivity contribution in [1.29, 1.82) is 0 Å². The standard InChI is InChI=1S/C25H50O3.H3N/c1-4-6-8-10-12-14-16-18-20-23(24(26)27)22-25(3,28)21-19-17-15-13-11-9-7-5-2;/h23,28H,4-22H2,1-3H3,(H,26,27);1H3. The van der Waals surface area contributed by atoms with E-state index in [1.807, 2.05) is 0 Å². The largest absolute Gasteiger partial charge is 0.550 e. The normalized spacial score (nSPS) is 14.2. The minimum atomic E-state index is -0.987. The van der Waals surface area contributed by atoms with E-state index in [0.717, 1.165) is 25.7 Å². The molecule has 4 nitrogen and oxygen atoms in total. The van der Waals surface area contributed by atoms with Crippen LogP contribution in [0.4, 0.5) is 0 Å². The molecule has 0 aliphatic rings. The van der Waals surface area contributed by atoms with E-state index in [1.165, 1.54) is 77.0 Å². The van der Waals surface area contributed by atoms with Gasteiger partial charge in [-0.1, -0.05) is 117 Å². The van der Waals surface area contributed by atoms with Gasteiger partial charge in [0.25, 0.3) is 0 Å². The predicted octanol–water partition coefficient (Wildman–Crippen LogP) is 6.93. The maximum atomic E-state index is 11.5. The molecule has 176 valence electrons. The van der Waals surface area contributed by atoms with E-state index in [9.17, 15) is 15.0 Å². The number of carboxylic acids is 1. The molecule has 0 aromatic carbocycles. The van der Waals surface area contributed by atoms with Crippen molar-refractivity contribution in [1.82, 2.24) is 6.15 Å². The van der Waals surface area contributed by atoms with Crippen LogP contribution in [0.3, 0.4) is 0 Å². The van der Waals surface area contributed by atoms with Gasteiger partial charge in [-0.25, -0.2) is 0 Å². The Morgan fingerprint density at radius 1 is 0.759 bits per heavy atom. The molecule has 0 saturated heterocycles. The highest BCUT2D eigenvalue weighted by Gasteiger charge is 2.25. The number of carbonyl (C=O) groups is 1. The van der Waals surface area contributed by atoms with Crippen molar-refractivity contribution in [2.45, 2.75) is 148 Å². The quantitative estimate of drug-likeness (QED) is 0.199. The summed E-state index contributed by atoms with van der Waals surface area (Å²) in [6.07, 6.45) is 21.2. The molecule has 0 aliphatic heterocycles. The van der Waals surface area contributed by atoms with Gasteiger partial charge in [0.15, 0.2) is 0 Å². The van der Waals surface area contributed by atoms with Crippen molar-refractivity contribution in [2.24, 2.45) is 5.92 Å². The SMILES string of the molecule is CCCCCCCCCCC(CC(C)(O)CCCCCCCCCC)C(=O)[O-].[NH4+]. The summed E-state index contributed by atoms with van der Waals surface area (Å²) in [5.74, 6) is -1.50. The minimum absolute atomic E-state index is 0. The lowest BCUT2D eigenvalue weighted by Gasteiger charge is -2.29. The van der Waals surface area contributed by atoms with Crippen LogP contribution in [-0.2, 0) is 4.79 Å². The number of quaternary nitrogens is 1. The van der Waals surface area contributed by atoms with Gasteiger partial charge in [-0.15, -0.1) is 0 Å². The molecular weight excluding hydrogens is 362 g/mol. The van der Waals surface area contributed by atoms with Crippen LogP contribution >= 0.6 is 0 Å². The Kier molecular flexibility index (Phi) is 21.8. The van der Waals surface area contributed by atoms with Crippen LogP contribution in [-0.4, -0.2) is 16.7 Å². The molecule has 0 saturated carbocycles. The molecule has 0 spiro atoms. The highest BCUT2D eigenvalue weighted by atomic mass is 16.4. The van der Waals surface area contributed by atoms with Gasteiger partial charge in [-0.2, -0.15) is 0 Å². The Bertz CT molecular complexity index is 358. The highest BCUT2D eigenvalue weighted by Crippen LogP contribution is 2.27. The maximum absolute atomic E-state index is 11.5. The fourth-order valence-electron chi connectivity index (χ4n) is 4.10. The van der Waals surface area contributed by atoms with Crippen LogP contribution in [0.15, 0.2) is 0 Å². The number of rotatable bonds is 21. The molecule has 0 aromatic heterocycles. The number of hydrogen-bond donors (Lipinski definition) is 2. The number of aliphatic hydroxyl groups is 1. The van der Waals surface area contributed by atoms with Gasteiger partial charge in [-0.05, 0) is 26.2 Å². The lowest BCUT2D eigenvalue weighted by molar-refractivity contribution is -0.313. The second-order valence-corrected chi connectivity index (χ2v) is 9.21. The third-order valence-corrected chi connectivity index (χ3v) is 5.99. The molecule has 0 heterocycles. The third kappa shape index (κ3) is 20.4. The summed E-state index contributed by atoms with van der Waals surface area (Å²) in [6, 6.07) is 0. The summed E-state index contributed by atoms with van der Waals surface area (Å²) in [4.78, 5) is 11.5. The van der Waals surface area contributed by atoms with Crippen molar-refractivity contribution in [3.05, 3.63) is 0 Å². The molecule has 0 aromatic rings. The molecule has 0 radical (unpaired) electrons. The zero-order valence-corrected chi connectivity index (χ0v) is 20.3. The van der Waals surface area contributed by atoms with Gasteiger partial charge < -0.3 is 21.2 Å². The van der Waals surface area contributed by atoms with E-state index in [1.54, 1.807) is 6.92 Å². The summed E-state index contributed by atoms with van der Waals surface area (Å²) in [5, 5.41) is 22.1. The van der Waals surface area contributed by atoms with Crippen LogP contribution in [0.1, 0.15) is 143 Å². The highest BCUT2D eigenvalue weighted by molar-refractivity contribution is 5.67. The average Bonchev–Trinajstić information content (AvgIpc) is 2.64. The fraction of sp³-hybridized carbons (Fsp3) is 0.960. The molecule has 4 heteroatoms. The maximum Gasteiger partial charge on any atom is 0.0626 e. The summed E-state index contributed by atoms with van der Waals surface area (Å²) in [7, 11) is 0. The van der Waals surface area contributed by atoms with Crippen molar-refractivity contribution in [2.75, 3.05) is 0 Å². The van der Waals surface area contributed by atoms with Gasteiger partial charge in [0.1, 0.15) is 0 Å². The molecule has 0 aliphatic carbocycles. The zero-order valence-electron chi connectivity index (χ0n) is 20.3. The first-order chi connectivity index (χ1) is 13.4. The summed E-state index contributed by atoms with van der Waals surface area (Å²) in [6.45, 7) is 6.26. The Hall–Kier alpha value is -0.610. The molecular formula is C25H53NO3. The van der Waals surface area contributed by atoms with Crippen LogP contribution in [0.2, 0.25) is 0 Å². The Balaban J connectivity index is 0. The van der Waals surface area contributed by atoms with Crippen molar-refractivity contribution in [3.8, 4) is 0 Å². The summed E-state index contributed by atoms with van der Waals surface area (Å²) in [5.41, 5.74) is -0.882. The molecule has 5 N–H and O–H groups in total. The van der Waals surface area contributed by atoms with Crippen LogP contribution in [0.25, 0.3) is 0 Å². The first-order valence-corrected chi connectivity index (χ1v) is 12.4. The lowest BCUT2D eigenvalue weighted by atomic mass is 9.85. The summed E-state index contributed by atoms with van der Waals surface area (Å²) < 4.78 is 0.